The molecule has 6 atom stereocenters. The van der Waals surface area contributed by atoms with Gasteiger partial charge in [-0.05, 0) is 168 Å². The molecule has 0 radical (unpaired) electrons. The van der Waals surface area contributed by atoms with Gasteiger partial charge in [-0.3, -0.25) is 4.79 Å². The lowest BCUT2D eigenvalue weighted by Gasteiger charge is -2.69. The van der Waals surface area contributed by atoms with Crippen LogP contribution in [0.25, 0.3) is 0 Å². The minimum atomic E-state index is -0.641. The molecule has 3 N–H and O–H groups in total. The number of phenols is 2. The van der Waals surface area contributed by atoms with E-state index in [9.17, 15) is 20.1 Å². The smallest absolute Gasteiger partial charge is 0.309 e. The van der Waals surface area contributed by atoms with Gasteiger partial charge in [0.05, 0.1) is 16.8 Å². The standard InChI is InChI=1S/C29H40O4.C17H19ClN2S/c1-17-18-7-8-21-27(4,19(18)15-20(30)23(17)31)12-14-29(6)22-16-26(3,24(32)33)10-9-25(22,2)11-13-28(21,29)5;1-19(2)10-5-11-20-14-6-3-4-7-16(14)21-17-9-8-13(18)12-15(17)20/h8,15,22,30-31H,7,9-14,16H2,1-6H3,(H,32,33);3-4,6-9,12H,5,10-11H2,1-2H3. The number of nitrogens with zero attached hydrogens (tertiary/aromatic N) is 2. The summed E-state index contributed by atoms with van der Waals surface area (Å²) in [5.41, 5.74) is 6.52. The number of anilines is 2. The van der Waals surface area contributed by atoms with Crippen molar-refractivity contribution < 1.29 is 20.1 Å². The summed E-state index contributed by atoms with van der Waals surface area (Å²) in [5.74, 6) is -0.282. The summed E-state index contributed by atoms with van der Waals surface area (Å²) in [6.07, 6.45) is 11.2. The summed E-state index contributed by atoms with van der Waals surface area (Å²) in [6.45, 7) is 15.6. The summed E-state index contributed by atoms with van der Waals surface area (Å²) in [7, 11) is 4.23. The Kier molecular flexibility index (Phi) is 10.0. The Labute approximate surface area is 332 Å². The molecule has 0 amide bonds. The van der Waals surface area contributed by atoms with Gasteiger partial charge < -0.3 is 25.1 Å². The molecule has 0 spiro atoms. The first-order valence-electron chi connectivity index (χ1n) is 19.8. The zero-order chi connectivity index (χ0) is 39.0. The minimum Gasteiger partial charge on any atom is -0.504 e. The third-order valence-corrected chi connectivity index (χ3v) is 16.5. The number of aromatic hydroxyl groups is 2. The third kappa shape index (κ3) is 6.16. The van der Waals surface area contributed by atoms with Crippen LogP contribution >= 0.6 is 23.4 Å². The Morgan fingerprint density at radius 3 is 2.35 bits per heavy atom. The lowest BCUT2D eigenvalue weighted by atomic mass is 9.34. The second kappa shape index (κ2) is 13.8. The normalized spacial score (nSPS) is 32.1. The summed E-state index contributed by atoms with van der Waals surface area (Å²) in [5, 5.41) is 31.7. The predicted molar refractivity (Wildman–Crippen MR) is 222 cm³/mol. The summed E-state index contributed by atoms with van der Waals surface area (Å²) in [6, 6.07) is 16.6. The Morgan fingerprint density at radius 2 is 1.63 bits per heavy atom. The fraction of sp³-hybridized carbons (Fsp3) is 0.543. The molecule has 4 aliphatic carbocycles. The molecule has 3 aromatic rings. The molecule has 0 saturated heterocycles. The van der Waals surface area contributed by atoms with Crippen molar-refractivity contribution in [3.63, 3.8) is 0 Å². The quantitative estimate of drug-likeness (QED) is 0.176. The number of fused-ring (bicyclic) bond motifs is 9. The van der Waals surface area contributed by atoms with Crippen molar-refractivity contribution in [2.24, 2.45) is 27.6 Å². The van der Waals surface area contributed by atoms with E-state index in [0.717, 1.165) is 87.0 Å². The van der Waals surface area contributed by atoms with Gasteiger partial charge in [-0.2, -0.15) is 0 Å². The largest absolute Gasteiger partial charge is 0.504 e. The van der Waals surface area contributed by atoms with Crippen molar-refractivity contribution >= 4 is 40.7 Å². The van der Waals surface area contributed by atoms with Crippen LogP contribution in [-0.2, 0) is 16.6 Å². The first-order chi connectivity index (χ1) is 25.4. The molecule has 3 aromatic carbocycles. The van der Waals surface area contributed by atoms with Gasteiger partial charge in [0, 0.05) is 26.8 Å². The number of hydrogen-bond acceptors (Lipinski definition) is 6. The number of hydrogen-bond donors (Lipinski definition) is 3. The van der Waals surface area contributed by atoms with Gasteiger partial charge in [-0.25, -0.2) is 0 Å². The number of halogens is 1. The molecule has 290 valence electrons. The minimum absolute atomic E-state index is 0.00431. The molecule has 6 nitrogen and oxygen atoms in total. The van der Waals surface area contributed by atoms with E-state index >= 15 is 0 Å². The molecule has 0 bridgehead atoms. The van der Waals surface area contributed by atoms with Gasteiger partial charge in [-0.1, -0.05) is 74.8 Å². The first kappa shape index (κ1) is 39.1. The maximum atomic E-state index is 12.3. The Bertz CT molecular complexity index is 2010. The molecular weight excluding hydrogens is 712 g/mol. The zero-order valence-corrected chi connectivity index (χ0v) is 35.1. The fourth-order valence-electron chi connectivity index (χ4n) is 11.5. The number of rotatable bonds is 5. The van der Waals surface area contributed by atoms with Crippen molar-refractivity contribution in [1.82, 2.24) is 4.90 Å². The Balaban J connectivity index is 0.000000184. The zero-order valence-electron chi connectivity index (χ0n) is 33.5. The van der Waals surface area contributed by atoms with Crippen molar-refractivity contribution in [1.29, 1.82) is 0 Å². The highest BCUT2D eigenvalue weighted by Gasteiger charge is 2.67. The average molecular weight is 772 g/mol. The maximum Gasteiger partial charge on any atom is 0.309 e. The highest BCUT2D eigenvalue weighted by molar-refractivity contribution is 7.99. The number of benzene rings is 3. The van der Waals surface area contributed by atoms with Crippen LogP contribution in [0.15, 0.2) is 70.0 Å². The van der Waals surface area contributed by atoms with Crippen molar-refractivity contribution in [2.75, 3.05) is 32.1 Å². The molecule has 54 heavy (non-hydrogen) atoms. The fourth-order valence-corrected chi connectivity index (χ4v) is 12.7. The van der Waals surface area contributed by atoms with Gasteiger partial charge in [0.25, 0.3) is 0 Å². The van der Waals surface area contributed by atoms with Crippen LogP contribution < -0.4 is 4.90 Å². The molecule has 5 aliphatic rings. The molecule has 1 aliphatic heterocycles. The highest BCUT2D eigenvalue weighted by atomic mass is 35.5. The van der Waals surface area contributed by atoms with Crippen LogP contribution in [0.4, 0.5) is 11.4 Å². The summed E-state index contributed by atoms with van der Waals surface area (Å²) >= 11 is 8.03. The summed E-state index contributed by atoms with van der Waals surface area (Å²) in [4.78, 5) is 19.5. The second-order valence-corrected chi connectivity index (χ2v) is 20.1. The summed E-state index contributed by atoms with van der Waals surface area (Å²) < 4.78 is 0. The van der Waals surface area contributed by atoms with E-state index in [4.69, 9.17) is 11.6 Å². The van der Waals surface area contributed by atoms with Gasteiger partial charge in [0.2, 0.25) is 0 Å². The van der Waals surface area contributed by atoms with Gasteiger partial charge >= 0.3 is 5.97 Å². The number of carboxylic acids is 1. The number of allylic oxidation sites excluding steroid dienone is 2. The number of carboxylic acid groups (broad SMARTS) is 1. The lowest BCUT2D eigenvalue weighted by Crippen LogP contribution is -2.62. The van der Waals surface area contributed by atoms with Gasteiger partial charge in [0.15, 0.2) is 11.5 Å². The number of phenolic OH excluding ortho intramolecular Hbond substituents is 2. The van der Waals surface area contributed by atoms with Crippen molar-refractivity contribution in [3.05, 3.63) is 81.9 Å². The lowest BCUT2D eigenvalue weighted by molar-refractivity contribution is -0.177. The van der Waals surface area contributed by atoms with Crippen molar-refractivity contribution in [3.8, 4) is 11.5 Å². The van der Waals surface area contributed by atoms with E-state index in [-0.39, 0.29) is 33.2 Å². The van der Waals surface area contributed by atoms with Crippen LogP contribution in [0, 0.1) is 34.5 Å². The molecule has 8 heteroatoms. The molecular formula is C46H59ClN2O4S. The van der Waals surface area contributed by atoms with E-state index < -0.39 is 11.4 Å². The van der Waals surface area contributed by atoms with E-state index in [1.54, 1.807) is 0 Å². The SMILES string of the molecule is CN(C)CCCN1c2ccccc2Sc2ccc(Cl)cc21.Cc1c(O)c(O)cc2c1CC=C1C2(C)CCC2(C)C3CC(C)(C(=O)O)CCC3(C)CCC12C. The van der Waals surface area contributed by atoms with Crippen molar-refractivity contribution in [2.45, 2.75) is 115 Å². The number of para-hydroxylation sites is 1. The topological polar surface area (TPSA) is 84.2 Å². The van der Waals surface area contributed by atoms with Crippen LogP contribution in [0.3, 0.4) is 0 Å². The van der Waals surface area contributed by atoms with E-state index in [1.165, 1.54) is 32.3 Å². The van der Waals surface area contributed by atoms with Gasteiger partial charge in [-0.15, -0.1) is 0 Å². The maximum absolute atomic E-state index is 12.3. The molecule has 3 fully saturated rings. The predicted octanol–water partition coefficient (Wildman–Crippen LogP) is 11.5. The van der Waals surface area contributed by atoms with E-state index in [2.05, 4.69) is 94.1 Å². The van der Waals surface area contributed by atoms with Crippen LogP contribution in [-0.4, -0.2) is 53.4 Å². The molecule has 6 unspecified atom stereocenters. The highest BCUT2D eigenvalue weighted by Crippen LogP contribution is 2.74. The monoisotopic (exact) mass is 770 g/mol. The van der Waals surface area contributed by atoms with Crippen LogP contribution in [0.2, 0.25) is 5.02 Å². The Morgan fingerprint density at radius 1 is 0.926 bits per heavy atom. The van der Waals surface area contributed by atoms with Gasteiger partial charge in [0.1, 0.15) is 0 Å². The Hall–Kier alpha value is -3.13. The molecule has 1 heterocycles. The van der Waals surface area contributed by atoms with Crippen LogP contribution in [0.5, 0.6) is 11.5 Å². The third-order valence-electron chi connectivity index (χ3n) is 15.2. The average Bonchev–Trinajstić information content (AvgIpc) is 3.13. The second-order valence-electron chi connectivity index (χ2n) is 18.6. The molecule has 0 aromatic heterocycles. The molecule has 8 rings (SSSR count). The number of carbonyl (C=O) groups is 1. The van der Waals surface area contributed by atoms with Crippen LogP contribution in [0.1, 0.15) is 103 Å². The van der Waals surface area contributed by atoms with E-state index in [0.29, 0.717) is 5.92 Å². The first-order valence-corrected chi connectivity index (χ1v) is 21.0. The molecule has 3 saturated carbocycles. The number of aliphatic carboxylic acids is 1. The van der Waals surface area contributed by atoms with E-state index in [1.807, 2.05) is 37.7 Å².